The molecule has 4 rings (SSSR count). The lowest BCUT2D eigenvalue weighted by Crippen LogP contribution is -2.69. The number of aliphatic hydroxyl groups is 2. The largest absolute Gasteiger partial charge is 0.387 e. The van der Waals surface area contributed by atoms with Crippen molar-refractivity contribution < 1.29 is 14.9 Å². The molecule has 0 bridgehead atoms. The number of hydrogen-bond acceptors (Lipinski definition) is 3. The van der Waals surface area contributed by atoms with E-state index in [-0.39, 0.29) is 11.0 Å². The molecule has 4 fully saturated rings. The summed E-state index contributed by atoms with van der Waals surface area (Å²) in [4.78, 5) is 0. The first-order valence-electron chi connectivity index (χ1n) is 13.9. The summed E-state index contributed by atoms with van der Waals surface area (Å²) in [5.41, 5.74) is -0.948. The Balaban J connectivity index is 1.62. The zero-order valence-corrected chi connectivity index (χ0v) is 22.8. The molecule has 1 aliphatic heterocycles. The number of hydrogen-bond donors (Lipinski definition) is 2. The summed E-state index contributed by atoms with van der Waals surface area (Å²) in [5.74, 6) is 2.53. The maximum atomic E-state index is 11.3. The van der Waals surface area contributed by atoms with Gasteiger partial charge in [-0.05, 0) is 125 Å². The van der Waals surface area contributed by atoms with E-state index in [9.17, 15) is 10.2 Å². The Morgan fingerprint density at radius 3 is 2.24 bits per heavy atom. The van der Waals surface area contributed by atoms with Gasteiger partial charge in [-0.3, -0.25) is 0 Å². The molecule has 3 aliphatic carbocycles. The molecule has 0 amide bonds. The van der Waals surface area contributed by atoms with Gasteiger partial charge in [0.1, 0.15) is 0 Å². The van der Waals surface area contributed by atoms with Crippen molar-refractivity contribution in [3.8, 4) is 0 Å². The highest BCUT2D eigenvalue weighted by atomic mass is 16.5. The third kappa shape index (κ3) is 3.78. The van der Waals surface area contributed by atoms with E-state index in [1.807, 2.05) is 33.8 Å². The number of fused-ring (bicyclic) bond motifs is 5. The van der Waals surface area contributed by atoms with Gasteiger partial charge in [-0.15, -0.1) is 0 Å². The molecule has 33 heavy (non-hydrogen) atoms. The molecule has 0 aromatic heterocycles. The first-order chi connectivity index (χ1) is 15.1. The molecule has 0 unspecified atom stereocenters. The van der Waals surface area contributed by atoms with Gasteiger partial charge in [0.2, 0.25) is 0 Å². The van der Waals surface area contributed by atoms with Gasteiger partial charge in [-0.2, -0.15) is 0 Å². The summed E-state index contributed by atoms with van der Waals surface area (Å²) < 4.78 is 6.57. The predicted octanol–water partition coefficient (Wildman–Crippen LogP) is 6.91. The SMILES string of the molecule is C[C@@H](C/C=C/C(C)(C)O)[C@@H]1CC[C@]2(C)[C@H]3CC[C@@]4(C(C)(C)O)OCCC[C@H]4[C@]3(C)CC[C@@]12C. The van der Waals surface area contributed by atoms with E-state index < -0.39 is 11.2 Å². The van der Waals surface area contributed by atoms with Crippen LogP contribution in [-0.4, -0.2) is 33.6 Å². The average molecular weight is 461 g/mol. The lowest BCUT2D eigenvalue weighted by atomic mass is 9.37. The van der Waals surface area contributed by atoms with Gasteiger partial charge in [0, 0.05) is 6.61 Å². The minimum atomic E-state index is -0.798. The van der Waals surface area contributed by atoms with E-state index in [4.69, 9.17) is 4.74 Å². The Labute approximate surface area is 203 Å². The van der Waals surface area contributed by atoms with E-state index in [0.717, 1.165) is 31.8 Å². The van der Waals surface area contributed by atoms with Crippen molar-refractivity contribution >= 4 is 0 Å². The van der Waals surface area contributed by atoms with Crippen LogP contribution in [0.15, 0.2) is 12.2 Å². The second kappa shape index (κ2) is 8.07. The number of rotatable bonds is 5. The van der Waals surface area contributed by atoms with Gasteiger partial charge in [0.25, 0.3) is 0 Å². The molecule has 4 aliphatic rings. The standard InChI is InChI=1S/C30H52O3/c1-21(11-9-15-25(2,3)31)22-13-16-29(8)23-14-17-30(26(4,5)32)24(12-10-20-33-30)27(23,6)18-19-28(22,29)7/h9,15,21-24,31-32H,10-14,16-20H2,1-8H3/b15-9+/t21-,22-,23-,24-,27+,28-,29+,30+/m0/s1. The van der Waals surface area contributed by atoms with Crippen LogP contribution in [0.2, 0.25) is 0 Å². The van der Waals surface area contributed by atoms with Crippen molar-refractivity contribution in [3.63, 3.8) is 0 Å². The third-order valence-electron chi connectivity index (χ3n) is 11.8. The molecule has 0 spiro atoms. The maximum Gasteiger partial charge on any atom is 0.0995 e. The normalized spacial score (nSPS) is 47.2. The molecule has 190 valence electrons. The highest BCUT2D eigenvalue weighted by Crippen LogP contribution is 2.75. The molecule has 1 saturated heterocycles. The number of allylic oxidation sites excluding steroid dienone is 1. The van der Waals surface area contributed by atoms with Crippen LogP contribution in [0, 0.1) is 39.9 Å². The van der Waals surface area contributed by atoms with Crippen molar-refractivity contribution in [2.45, 2.75) is 130 Å². The molecule has 1 heterocycles. The minimum absolute atomic E-state index is 0.242. The van der Waals surface area contributed by atoms with Gasteiger partial charge < -0.3 is 14.9 Å². The highest BCUT2D eigenvalue weighted by Gasteiger charge is 2.71. The molecule has 8 atom stereocenters. The van der Waals surface area contributed by atoms with E-state index in [0.29, 0.717) is 28.6 Å². The van der Waals surface area contributed by atoms with Crippen molar-refractivity contribution in [2.75, 3.05) is 6.61 Å². The van der Waals surface area contributed by atoms with E-state index in [1.54, 1.807) is 0 Å². The fourth-order valence-corrected chi connectivity index (χ4v) is 9.92. The van der Waals surface area contributed by atoms with Crippen molar-refractivity contribution in [1.82, 2.24) is 0 Å². The van der Waals surface area contributed by atoms with Crippen LogP contribution in [0.25, 0.3) is 0 Å². The summed E-state index contributed by atoms with van der Waals surface area (Å²) in [6.45, 7) is 18.8. The predicted molar refractivity (Wildman–Crippen MR) is 136 cm³/mol. The highest BCUT2D eigenvalue weighted by molar-refractivity contribution is 5.20. The molecule has 3 heteroatoms. The summed E-state index contributed by atoms with van der Waals surface area (Å²) in [7, 11) is 0. The Bertz CT molecular complexity index is 759. The minimum Gasteiger partial charge on any atom is -0.387 e. The van der Waals surface area contributed by atoms with E-state index in [2.05, 4.69) is 33.8 Å². The summed E-state index contributed by atoms with van der Waals surface area (Å²) in [5, 5.41) is 21.4. The fourth-order valence-electron chi connectivity index (χ4n) is 9.92. The van der Waals surface area contributed by atoms with Crippen molar-refractivity contribution in [3.05, 3.63) is 12.2 Å². The molecular formula is C30H52O3. The Morgan fingerprint density at radius 2 is 1.61 bits per heavy atom. The second-order valence-corrected chi connectivity index (χ2v) is 14.3. The fraction of sp³-hybridized carbons (Fsp3) is 0.933. The molecule has 3 saturated carbocycles. The topological polar surface area (TPSA) is 49.7 Å². The summed E-state index contributed by atoms with van der Waals surface area (Å²) >= 11 is 0. The molecule has 0 aromatic carbocycles. The average Bonchev–Trinajstić information content (AvgIpc) is 2.97. The molecule has 2 N–H and O–H groups in total. The Kier molecular flexibility index (Phi) is 6.28. The first kappa shape index (κ1) is 25.7. The maximum absolute atomic E-state index is 11.3. The van der Waals surface area contributed by atoms with Gasteiger partial charge >= 0.3 is 0 Å². The van der Waals surface area contributed by atoms with Gasteiger partial charge in [-0.25, -0.2) is 0 Å². The Morgan fingerprint density at radius 1 is 0.909 bits per heavy atom. The first-order valence-corrected chi connectivity index (χ1v) is 13.9. The second-order valence-electron chi connectivity index (χ2n) is 14.3. The van der Waals surface area contributed by atoms with Gasteiger partial charge in [0.15, 0.2) is 0 Å². The lowest BCUT2D eigenvalue weighted by Gasteiger charge is -2.69. The van der Waals surface area contributed by atoms with E-state index >= 15 is 0 Å². The molecular weight excluding hydrogens is 408 g/mol. The molecule has 0 radical (unpaired) electrons. The smallest absolute Gasteiger partial charge is 0.0995 e. The summed E-state index contributed by atoms with van der Waals surface area (Å²) in [6.07, 6.45) is 15.0. The van der Waals surface area contributed by atoms with Crippen molar-refractivity contribution in [2.24, 2.45) is 39.9 Å². The zero-order chi connectivity index (χ0) is 24.5. The van der Waals surface area contributed by atoms with Crippen LogP contribution in [0.3, 0.4) is 0 Å². The lowest BCUT2D eigenvalue weighted by molar-refractivity contribution is -0.291. The van der Waals surface area contributed by atoms with Crippen LogP contribution >= 0.6 is 0 Å². The molecule has 3 nitrogen and oxygen atoms in total. The quantitative estimate of drug-likeness (QED) is 0.438. The van der Waals surface area contributed by atoms with E-state index in [1.165, 1.54) is 38.5 Å². The van der Waals surface area contributed by atoms with Crippen LogP contribution in [0.1, 0.15) is 113 Å². The zero-order valence-electron chi connectivity index (χ0n) is 22.8. The monoisotopic (exact) mass is 460 g/mol. The summed E-state index contributed by atoms with van der Waals surface area (Å²) in [6, 6.07) is 0. The van der Waals surface area contributed by atoms with Crippen LogP contribution in [0.5, 0.6) is 0 Å². The van der Waals surface area contributed by atoms with Crippen LogP contribution in [-0.2, 0) is 4.74 Å². The Hall–Kier alpha value is -0.380. The number of ether oxygens (including phenoxy) is 1. The van der Waals surface area contributed by atoms with Gasteiger partial charge in [0.05, 0.1) is 16.8 Å². The van der Waals surface area contributed by atoms with Crippen molar-refractivity contribution in [1.29, 1.82) is 0 Å². The third-order valence-corrected chi connectivity index (χ3v) is 11.8. The van der Waals surface area contributed by atoms with Crippen LogP contribution < -0.4 is 0 Å². The van der Waals surface area contributed by atoms with Crippen LogP contribution in [0.4, 0.5) is 0 Å². The van der Waals surface area contributed by atoms with Gasteiger partial charge in [-0.1, -0.05) is 39.8 Å². The molecule has 0 aromatic rings.